The number of thiophene rings is 1. The molecule has 2 N–H and O–H groups in total. The molecule has 0 spiro atoms. The lowest BCUT2D eigenvalue weighted by atomic mass is 10.1. The fourth-order valence-corrected chi connectivity index (χ4v) is 3.75. The van der Waals surface area contributed by atoms with Gasteiger partial charge in [0.15, 0.2) is 18.0 Å². The number of hydrogen-bond acceptors (Lipinski definition) is 5. The number of aromatic amines is 1. The summed E-state index contributed by atoms with van der Waals surface area (Å²) in [5, 5.41) is 17.3. The summed E-state index contributed by atoms with van der Waals surface area (Å²) < 4.78 is 12.3. The smallest absolute Gasteiger partial charge is 0.253 e. The minimum Gasteiger partial charge on any atom is -0.619 e. The summed E-state index contributed by atoms with van der Waals surface area (Å²) in [6.07, 6.45) is 5.91. The first-order valence-electron chi connectivity index (χ1n) is 8.70. The molecule has 28 heavy (non-hydrogen) atoms. The van der Waals surface area contributed by atoms with Gasteiger partial charge in [0.2, 0.25) is 0 Å². The average molecular weight is 395 g/mol. The molecule has 142 valence electrons. The molecule has 0 fully saturated rings. The first-order chi connectivity index (χ1) is 13.6. The number of aryl methyl sites for hydroxylation is 1. The molecule has 9 heteroatoms. The van der Waals surface area contributed by atoms with Crippen molar-refractivity contribution in [2.75, 3.05) is 6.54 Å². The lowest BCUT2D eigenvalue weighted by Crippen LogP contribution is -2.26. The number of carbonyl (C=O) groups excluding carboxylic acids is 1. The van der Waals surface area contributed by atoms with Gasteiger partial charge in [-0.25, -0.2) is 9.97 Å². The molecule has 0 aromatic carbocycles. The maximum absolute atomic E-state index is 12.6. The van der Waals surface area contributed by atoms with Crippen LogP contribution in [0.25, 0.3) is 22.6 Å². The summed E-state index contributed by atoms with van der Waals surface area (Å²) >= 11 is 0. The van der Waals surface area contributed by atoms with E-state index < -0.39 is 10.8 Å². The molecule has 0 saturated carbocycles. The molecule has 0 radical (unpaired) electrons. The van der Waals surface area contributed by atoms with Gasteiger partial charge in [-0.1, -0.05) is 10.8 Å². The molecule has 8 nitrogen and oxygen atoms in total. The van der Waals surface area contributed by atoms with Gasteiger partial charge in [0.1, 0.15) is 22.1 Å². The molecule has 1 amide bonds. The highest BCUT2D eigenvalue weighted by Gasteiger charge is 2.16. The molecule has 0 aliphatic carbocycles. The lowest BCUT2D eigenvalue weighted by Gasteiger charge is -2.05. The Bertz CT molecular complexity index is 1140. The number of imidazole rings is 1. The van der Waals surface area contributed by atoms with Crippen molar-refractivity contribution in [3.63, 3.8) is 0 Å². The zero-order valence-electron chi connectivity index (χ0n) is 14.8. The predicted octanol–water partition coefficient (Wildman–Crippen LogP) is 2.35. The second-order valence-electron chi connectivity index (χ2n) is 6.28. The topological polar surface area (TPSA) is 121 Å². The van der Waals surface area contributed by atoms with Gasteiger partial charge in [-0.3, -0.25) is 4.79 Å². The monoisotopic (exact) mass is 395 g/mol. The Hall–Kier alpha value is -3.30. The molecule has 0 aliphatic rings. The van der Waals surface area contributed by atoms with Crippen LogP contribution in [0.1, 0.15) is 22.3 Å². The minimum absolute atomic E-state index is 0.239. The summed E-state index contributed by atoms with van der Waals surface area (Å²) in [4.78, 5) is 24.3. The first-order valence-corrected chi connectivity index (χ1v) is 9.98. The molecular weight excluding hydrogens is 378 g/mol. The maximum atomic E-state index is 12.6. The SMILES string of the molecule is O=C(NCCCc1ccc[n+]([O-])c1)c1ccnc2[nH]c(-c3cc[s+]([O-])c3)nc12. The van der Waals surface area contributed by atoms with Crippen molar-refractivity contribution in [1.29, 1.82) is 0 Å². The van der Waals surface area contributed by atoms with Crippen molar-refractivity contribution in [3.05, 3.63) is 70.0 Å². The van der Waals surface area contributed by atoms with Crippen LogP contribution in [0.2, 0.25) is 0 Å². The van der Waals surface area contributed by atoms with Gasteiger partial charge >= 0.3 is 0 Å². The van der Waals surface area contributed by atoms with Crippen molar-refractivity contribution in [2.24, 2.45) is 0 Å². The van der Waals surface area contributed by atoms with E-state index in [1.807, 2.05) is 6.07 Å². The zero-order chi connectivity index (χ0) is 19.5. The lowest BCUT2D eigenvalue weighted by molar-refractivity contribution is -0.605. The Kier molecular flexibility index (Phi) is 5.00. The standard InChI is InChI=1S/C19H17N5O3S/c25-19(21-7-1-3-13-4-2-9-24(26)11-13)15-5-8-20-18-16(15)22-17(23-18)14-6-10-28(27)12-14/h2,4-6,8-12H,1,3,7H2,(H,21,25)(H,20,22,23). The molecule has 0 saturated heterocycles. The van der Waals surface area contributed by atoms with Gasteiger partial charge in [0.05, 0.1) is 11.1 Å². The molecule has 1 atom stereocenters. The van der Waals surface area contributed by atoms with E-state index >= 15 is 0 Å². The fraction of sp³-hybridized carbons (Fsp3) is 0.158. The van der Waals surface area contributed by atoms with Gasteiger partial charge in [-0.15, -0.1) is 0 Å². The number of fused-ring (bicyclic) bond motifs is 1. The number of pyridine rings is 2. The van der Waals surface area contributed by atoms with Gasteiger partial charge < -0.3 is 20.1 Å². The normalized spacial score (nSPS) is 11.7. The number of carbonyl (C=O) groups is 1. The van der Waals surface area contributed by atoms with E-state index in [9.17, 15) is 14.6 Å². The maximum Gasteiger partial charge on any atom is 0.253 e. The number of H-pyrrole nitrogens is 1. The largest absolute Gasteiger partial charge is 0.619 e. The number of nitrogens with zero attached hydrogens (tertiary/aromatic N) is 3. The van der Waals surface area contributed by atoms with Gasteiger partial charge in [0.25, 0.3) is 5.91 Å². The highest BCUT2D eigenvalue weighted by Crippen LogP contribution is 2.26. The first kappa shape index (κ1) is 18.1. The second-order valence-corrected chi connectivity index (χ2v) is 7.44. The van der Waals surface area contributed by atoms with E-state index in [-0.39, 0.29) is 5.91 Å². The van der Waals surface area contributed by atoms with Gasteiger partial charge in [-0.05, 0) is 25.0 Å². The van der Waals surface area contributed by atoms with Crippen LogP contribution < -0.4 is 10.0 Å². The zero-order valence-corrected chi connectivity index (χ0v) is 15.6. The van der Waals surface area contributed by atoms with E-state index in [1.165, 1.54) is 12.4 Å². The Labute approximate surface area is 163 Å². The fourth-order valence-electron chi connectivity index (χ4n) is 2.95. The Morgan fingerprint density at radius 3 is 3.00 bits per heavy atom. The van der Waals surface area contributed by atoms with E-state index in [4.69, 9.17) is 0 Å². The summed E-state index contributed by atoms with van der Waals surface area (Å²) in [5.74, 6) is 0.289. The van der Waals surface area contributed by atoms with Crippen LogP contribution in [-0.2, 0) is 6.42 Å². The highest BCUT2D eigenvalue weighted by atomic mass is 32.2. The van der Waals surface area contributed by atoms with Crippen molar-refractivity contribution >= 4 is 27.8 Å². The Balaban J connectivity index is 1.44. The van der Waals surface area contributed by atoms with E-state index in [0.29, 0.717) is 47.5 Å². The van der Waals surface area contributed by atoms with Crippen molar-refractivity contribution < 1.29 is 14.1 Å². The van der Waals surface area contributed by atoms with E-state index in [0.717, 1.165) is 10.3 Å². The molecule has 0 aliphatic heterocycles. The van der Waals surface area contributed by atoms with Crippen molar-refractivity contribution in [3.8, 4) is 11.4 Å². The van der Waals surface area contributed by atoms with Gasteiger partial charge in [0, 0.05) is 30.4 Å². The highest BCUT2D eigenvalue weighted by molar-refractivity contribution is 7.22. The van der Waals surface area contributed by atoms with Crippen molar-refractivity contribution in [2.45, 2.75) is 12.8 Å². The third kappa shape index (κ3) is 3.85. The quantitative estimate of drug-likeness (QED) is 0.225. The Morgan fingerprint density at radius 1 is 1.32 bits per heavy atom. The molecule has 4 aromatic heterocycles. The third-order valence-electron chi connectivity index (χ3n) is 4.29. The second kappa shape index (κ2) is 7.75. The molecule has 0 bridgehead atoms. The third-order valence-corrected chi connectivity index (χ3v) is 5.18. The van der Waals surface area contributed by atoms with Crippen LogP contribution in [0.4, 0.5) is 0 Å². The van der Waals surface area contributed by atoms with Crippen LogP contribution in [0.3, 0.4) is 0 Å². The number of rotatable bonds is 6. The number of hydrogen-bond donors (Lipinski definition) is 2. The summed E-state index contributed by atoms with van der Waals surface area (Å²) in [6.45, 7) is 0.473. The number of amides is 1. The summed E-state index contributed by atoms with van der Waals surface area (Å²) in [6, 6.07) is 6.93. The Morgan fingerprint density at radius 2 is 2.21 bits per heavy atom. The molecule has 1 unspecified atom stereocenters. The minimum atomic E-state index is -1.14. The summed E-state index contributed by atoms with van der Waals surface area (Å²) in [5.41, 5.74) is 3.02. The summed E-state index contributed by atoms with van der Waals surface area (Å²) in [7, 11) is -1.14. The molecule has 4 heterocycles. The van der Waals surface area contributed by atoms with Gasteiger partial charge in [-0.2, -0.15) is 4.73 Å². The number of nitrogens with one attached hydrogen (secondary N) is 2. The molecule has 4 aromatic rings. The van der Waals surface area contributed by atoms with E-state index in [2.05, 4.69) is 20.3 Å². The van der Waals surface area contributed by atoms with E-state index in [1.54, 1.807) is 35.2 Å². The average Bonchev–Trinajstić information content (AvgIpc) is 3.30. The molecule has 4 rings (SSSR count). The van der Waals surface area contributed by atoms with Crippen molar-refractivity contribution in [1.82, 2.24) is 20.3 Å². The van der Waals surface area contributed by atoms with Crippen LogP contribution in [0, 0.1) is 5.21 Å². The van der Waals surface area contributed by atoms with Crippen LogP contribution >= 0.6 is 10.8 Å². The molecular formula is C19H17N5O3S. The van der Waals surface area contributed by atoms with Crippen LogP contribution in [-0.4, -0.2) is 32.0 Å². The van der Waals surface area contributed by atoms with Crippen LogP contribution in [0.5, 0.6) is 0 Å². The predicted molar refractivity (Wildman–Crippen MR) is 104 cm³/mol. The number of aromatic nitrogens is 4. The van der Waals surface area contributed by atoms with Crippen LogP contribution in [0.15, 0.2) is 53.6 Å².